The predicted octanol–water partition coefficient (Wildman–Crippen LogP) is 1.93. The van der Waals surface area contributed by atoms with Gasteiger partial charge in [0, 0.05) is 65.6 Å². The predicted molar refractivity (Wildman–Crippen MR) is 132 cm³/mol. The van der Waals surface area contributed by atoms with Crippen molar-refractivity contribution in [3.63, 3.8) is 0 Å². The second-order valence-electron chi connectivity index (χ2n) is 10.0. The van der Waals surface area contributed by atoms with Gasteiger partial charge in [0.15, 0.2) is 5.82 Å². The number of aryl methyl sites for hydroxylation is 1. The monoisotopic (exact) mass is 535 g/mol. The van der Waals surface area contributed by atoms with Gasteiger partial charge in [-0.15, -0.1) is 10.2 Å². The Labute approximate surface area is 218 Å². The number of piperidine rings is 1. The van der Waals surface area contributed by atoms with E-state index in [2.05, 4.69) is 20.2 Å². The molecule has 0 atom stereocenters. The number of fused-ring (bicyclic) bond motifs is 1. The van der Waals surface area contributed by atoms with Crippen LogP contribution in [0, 0.1) is 0 Å². The quantitative estimate of drug-likeness (QED) is 0.625. The molecule has 3 aliphatic heterocycles. The van der Waals surface area contributed by atoms with E-state index in [-0.39, 0.29) is 11.7 Å². The van der Waals surface area contributed by atoms with Crippen LogP contribution in [0.2, 0.25) is 0 Å². The number of nitrogens with zero attached hydrogens (tertiary/aromatic N) is 7. The van der Waals surface area contributed by atoms with Gasteiger partial charge < -0.3 is 19.6 Å². The number of carbonyl (C=O) groups excluding carboxylic acids is 1. The van der Waals surface area contributed by atoms with E-state index in [0.29, 0.717) is 51.2 Å². The summed E-state index contributed by atoms with van der Waals surface area (Å²) in [5.74, 6) is 0.472. The van der Waals surface area contributed by atoms with Gasteiger partial charge in [0.2, 0.25) is 5.91 Å². The molecule has 4 heterocycles. The Morgan fingerprint density at radius 3 is 2.34 bits per heavy atom. The van der Waals surface area contributed by atoms with E-state index in [1.165, 1.54) is 0 Å². The third-order valence-corrected chi connectivity index (χ3v) is 7.59. The molecule has 3 aliphatic rings. The Hall–Kier alpha value is -3.19. The van der Waals surface area contributed by atoms with Gasteiger partial charge in [-0.05, 0) is 30.5 Å². The summed E-state index contributed by atoms with van der Waals surface area (Å²) in [6.07, 6.45) is -2.95. The van der Waals surface area contributed by atoms with Crippen molar-refractivity contribution in [3.8, 4) is 5.75 Å². The first-order chi connectivity index (χ1) is 18.1. The standard InChI is InChI=1S/C25H32F3N7O3/c1-18(36)33-14-12-32(13-15-33)16-17-38-20-4-2-19(3-5-20)24(37)8-10-34(11-9-24)22-7-6-21-29-30-23(25(26,27)28)35(21)31-22/h2-5,37H,6-17H2,1H3. The lowest BCUT2D eigenvalue weighted by Gasteiger charge is -2.40. The van der Waals surface area contributed by atoms with E-state index in [1.807, 2.05) is 34.1 Å². The van der Waals surface area contributed by atoms with Crippen LogP contribution in [0.4, 0.5) is 13.2 Å². The van der Waals surface area contributed by atoms with Crippen LogP contribution in [-0.4, -0.2) is 98.8 Å². The number of carbonyl (C=O) groups is 1. The fourth-order valence-electron chi connectivity index (χ4n) is 5.22. The third kappa shape index (κ3) is 5.63. The second kappa shape index (κ2) is 10.5. The average Bonchev–Trinajstić information content (AvgIpc) is 3.34. The molecule has 1 aromatic carbocycles. The molecular formula is C25H32F3N7O3. The summed E-state index contributed by atoms with van der Waals surface area (Å²) in [5, 5.41) is 22.4. The normalized spacial score (nSPS) is 20.2. The van der Waals surface area contributed by atoms with Crippen molar-refractivity contribution in [3.05, 3.63) is 41.5 Å². The highest BCUT2D eigenvalue weighted by Crippen LogP contribution is 2.35. The molecule has 0 aliphatic carbocycles. The Balaban J connectivity index is 1.12. The SMILES string of the molecule is CC(=O)N1CCN(CCOc2ccc(C3(O)CCN(C4=Nn5c(nnc5C(F)(F)F)CC4)CC3)cc2)CC1. The minimum absolute atomic E-state index is 0.112. The van der Waals surface area contributed by atoms with E-state index in [4.69, 9.17) is 4.74 Å². The van der Waals surface area contributed by atoms with E-state index < -0.39 is 17.6 Å². The first-order valence-electron chi connectivity index (χ1n) is 12.9. The number of piperazine rings is 1. The molecule has 0 radical (unpaired) electrons. The van der Waals surface area contributed by atoms with Crippen LogP contribution in [0.3, 0.4) is 0 Å². The summed E-state index contributed by atoms with van der Waals surface area (Å²) >= 11 is 0. The number of hydrogen-bond donors (Lipinski definition) is 1. The van der Waals surface area contributed by atoms with Crippen LogP contribution >= 0.6 is 0 Å². The zero-order valence-electron chi connectivity index (χ0n) is 21.3. The van der Waals surface area contributed by atoms with E-state index in [0.717, 1.165) is 48.7 Å². The zero-order chi connectivity index (χ0) is 26.9. The number of aliphatic hydroxyl groups is 1. The molecule has 1 N–H and O–H groups in total. The molecule has 0 unspecified atom stereocenters. The number of likely N-dealkylation sites (tertiary alicyclic amines) is 1. The van der Waals surface area contributed by atoms with Crippen molar-refractivity contribution in [2.75, 3.05) is 52.4 Å². The molecule has 1 aromatic heterocycles. The van der Waals surface area contributed by atoms with E-state index in [1.54, 1.807) is 6.92 Å². The van der Waals surface area contributed by atoms with Crippen LogP contribution in [0.1, 0.15) is 43.4 Å². The number of halogens is 3. The summed E-state index contributed by atoms with van der Waals surface area (Å²) in [6.45, 7) is 7.01. The fraction of sp³-hybridized carbons (Fsp3) is 0.600. The maximum atomic E-state index is 13.2. The number of rotatable bonds is 5. The molecule has 0 spiro atoms. The lowest BCUT2D eigenvalue weighted by molar-refractivity contribution is -0.147. The minimum Gasteiger partial charge on any atom is -0.492 e. The summed E-state index contributed by atoms with van der Waals surface area (Å²) in [4.78, 5) is 17.5. The topological polar surface area (TPSA) is 99.3 Å². The van der Waals surface area contributed by atoms with Crippen LogP contribution in [0.5, 0.6) is 5.75 Å². The molecule has 13 heteroatoms. The molecule has 2 aromatic rings. The first kappa shape index (κ1) is 26.4. The molecule has 0 saturated carbocycles. The fourth-order valence-corrected chi connectivity index (χ4v) is 5.22. The maximum Gasteiger partial charge on any atom is 0.453 e. The van der Waals surface area contributed by atoms with Crippen molar-refractivity contribution < 1.29 is 27.8 Å². The molecule has 38 heavy (non-hydrogen) atoms. The number of amides is 1. The molecule has 5 rings (SSSR count). The number of hydrogen-bond acceptors (Lipinski definition) is 8. The molecule has 0 bridgehead atoms. The van der Waals surface area contributed by atoms with Gasteiger partial charge in [0.1, 0.15) is 18.2 Å². The highest BCUT2D eigenvalue weighted by molar-refractivity contribution is 5.83. The Kier molecular flexibility index (Phi) is 7.32. The van der Waals surface area contributed by atoms with Crippen molar-refractivity contribution in [2.24, 2.45) is 5.10 Å². The van der Waals surface area contributed by atoms with Gasteiger partial charge in [-0.3, -0.25) is 9.69 Å². The lowest BCUT2D eigenvalue weighted by Crippen LogP contribution is -2.48. The van der Waals surface area contributed by atoms with Crippen LogP contribution < -0.4 is 4.74 Å². The number of alkyl halides is 3. The summed E-state index contributed by atoms with van der Waals surface area (Å²) in [5.41, 5.74) is -0.240. The third-order valence-electron chi connectivity index (χ3n) is 7.59. The van der Waals surface area contributed by atoms with Gasteiger partial charge in [0.05, 0.1) is 5.60 Å². The first-order valence-corrected chi connectivity index (χ1v) is 12.9. The van der Waals surface area contributed by atoms with Gasteiger partial charge >= 0.3 is 6.18 Å². The van der Waals surface area contributed by atoms with Crippen molar-refractivity contribution in [2.45, 2.75) is 44.4 Å². The van der Waals surface area contributed by atoms with Crippen LogP contribution in [-0.2, 0) is 23.0 Å². The lowest BCUT2D eigenvalue weighted by atomic mass is 9.84. The largest absolute Gasteiger partial charge is 0.492 e. The number of aromatic nitrogens is 3. The van der Waals surface area contributed by atoms with Crippen molar-refractivity contribution in [1.29, 1.82) is 0 Å². The maximum absolute atomic E-state index is 13.2. The summed E-state index contributed by atoms with van der Waals surface area (Å²) in [7, 11) is 0. The highest BCUT2D eigenvalue weighted by atomic mass is 19.4. The Bertz CT molecular complexity index is 1170. The van der Waals surface area contributed by atoms with Crippen LogP contribution in [0.25, 0.3) is 0 Å². The molecule has 2 saturated heterocycles. The smallest absolute Gasteiger partial charge is 0.453 e. The molecule has 206 valence electrons. The van der Waals surface area contributed by atoms with Gasteiger partial charge in [-0.25, -0.2) is 0 Å². The molecule has 2 fully saturated rings. The Morgan fingerprint density at radius 1 is 1.03 bits per heavy atom. The van der Waals surface area contributed by atoms with E-state index in [9.17, 15) is 23.1 Å². The summed E-state index contributed by atoms with van der Waals surface area (Å²) in [6, 6.07) is 7.44. The zero-order valence-corrected chi connectivity index (χ0v) is 21.3. The number of amidine groups is 1. The molecule has 10 nitrogen and oxygen atoms in total. The Morgan fingerprint density at radius 2 is 1.71 bits per heavy atom. The van der Waals surface area contributed by atoms with Crippen molar-refractivity contribution in [1.82, 2.24) is 29.6 Å². The summed E-state index contributed by atoms with van der Waals surface area (Å²) < 4.78 is 46.4. The highest BCUT2D eigenvalue weighted by Gasteiger charge is 2.41. The molecular weight excluding hydrogens is 503 g/mol. The minimum atomic E-state index is -4.62. The van der Waals surface area contributed by atoms with Gasteiger partial charge in [-0.1, -0.05) is 12.1 Å². The van der Waals surface area contributed by atoms with E-state index >= 15 is 0 Å². The van der Waals surface area contributed by atoms with Crippen molar-refractivity contribution >= 4 is 11.7 Å². The van der Waals surface area contributed by atoms with Crippen LogP contribution in [0.15, 0.2) is 29.4 Å². The molecule has 1 amide bonds. The average molecular weight is 536 g/mol. The number of ether oxygens (including phenoxy) is 1. The second-order valence-corrected chi connectivity index (χ2v) is 10.0. The number of benzene rings is 1. The van der Waals surface area contributed by atoms with Gasteiger partial charge in [-0.2, -0.15) is 22.9 Å². The van der Waals surface area contributed by atoms with Gasteiger partial charge in [0.25, 0.3) is 5.82 Å².